The van der Waals surface area contributed by atoms with Gasteiger partial charge in [0.05, 0.1) is 23.7 Å². The largest absolute Gasteiger partial charge is 0.506 e. The SMILES string of the molecule is O=C(Nc1ccccc1O)C1CCN(CC(=O)N(C2CC2)C2CCS(=O)(=O)C2)CC1. The highest BCUT2D eigenvalue weighted by atomic mass is 32.2. The maximum absolute atomic E-state index is 13.0. The fraction of sp³-hybridized carbons (Fsp3) is 0.619. The second-order valence-corrected chi connectivity index (χ2v) is 10.9. The number of rotatable bonds is 6. The summed E-state index contributed by atoms with van der Waals surface area (Å²) in [7, 11) is -3.03. The average Bonchev–Trinajstić information content (AvgIpc) is 3.47. The molecule has 0 radical (unpaired) electrons. The smallest absolute Gasteiger partial charge is 0.237 e. The predicted molar refractivity (Wildman–Crippen MR) is 113 cm³/mol. The van der Waals surface area contributed by atoms with Crippen molar-refractivity contribution in [2.45, 2.75) is 44.2 Å². The number of anilines is 1. The molecule has 3 aliphatic rings. The summed E-state index contributed by atoms with van der Waals surface area (Å²) in [6, 6.07) is 6.66. The van der Waals surface area contributed by atoms with Gasteiger partial charge in [0.25, 0.3) is 0 Å². The normalized spacial score (nSPS) is 24.5. The number of para-hydroxylation sites is 2. The Morgan fingerprint density at radius 2 is 1.77 bits per heavy atom. The molecule has 1 atom stereocenters. The van der Waals surface area contributed by atoms with Gasteiger partial charge in [-0.2, -0.15) is 0 Å². The molecule has 1 unspecified atom stereocenters. The second-order valence-electron chi connectivity index (χ2n) is 8.65. The van der Waals surface area contributed by atoms with Crippen LogP contribution in [0.3, 0.4) is 0 Å². The Morgan fingerprint density at radius 3 is 2.37 bits per heavy atom. The van der Waals surface area contributed by atoms with Crippen molar-refractivity contribution < 1.29 is 23.1 Å². The minimum absolute atomic E-state index is 0.0108. The summed E-state index contributed by atoms with van der Waals surface area (Å²) >= 11 is 0. The molecule has 1 aliphatic carbocycles. The molecule has 2 aliphatic heterocycles. The van der Waals surface area contributed by atoms with Gasteiger partial charge in [-0.25, -0.2) is 8.42 Å². The van der Waals surface area contributed by atoms with Gasteiger partial charge in [-0.1, -0.05) is 12.1 Å². The Morgan fingerprint density at radius 1 is 1.07 bits per heavy atom. The summed E-state index contributed by atoms with van der Waals surface area (Å²) in [6.45, 7) is 1.57. The first kappa shape index (κ1) is 21.1. The Hall–Kier alpha value is -2.13. The van der Waals surface area contributed by atoms with Crippen LogP contribution in [0.5, 0.6) is 5.75 Å². The Labute approximate surface area is 177 Å². The van der Waals surface area contributed by atoms with E-state index in [2.05, 4.69) is 10.2 Å². The number of carbonyl (C=O) groups is 2. The number of benzene rings is 1. The zero-order chi connectivity index (χ0) is 21.3. The highest BCUT2D eigenvalue weighted by Crippen LogP contribution is 2.32. The topological polar surface area (TPSA) is 107 Å². The molecule has 2 N–H and O–H groups in total. The van der Waals surface area contributed by atoms with Crippen LogP contribution in [-0.4, -0.2) is 78.4 Å². The summed E-state index contributed by atoms with van der Waals surface area (Å²) in [5.74, 6) is 0.0449. The van der Waals surface area contributed by atoms with Crippen molar-refractivity contribution in [1.29, 1.82) is 0 Å². The summed E-state index contributed by atoms with van der Waals surface area (Å²) in [6.07, 6.45) is 3.74. The molecule has 2 heterocycles. The first-order valence-electron chi connectivity index (χ1n) is 10.7. The van der Waals surface area contributed by atoms with Crippen LogP contribution in [0.2, 0.25) is 0 Å². The maximum atomic E-state index is 13.0. The van der Waals surface area contributed by atoms with Crippen LogP contribution in [0.1, 0.15) is 32.1 Å². The number of nitrogens with one attached hydrogen (secondary N) is 1. The van der Waals surface area contributed by atoms with Crippen molar-refractivity contribution in [2.24, 2.45) is 5.92 Å². The Kier molecular flexibility index (Phi) is 6.02. The molecule has 1 aromatic rings. The lowest BCUT2D eigenvalue weighted by Gasteiger charge is -2.34. The molecule has 2 saturated heterocycles. The van der Waals surface area contributed by atoms with Crippen molar-refractivity contribution in [3.05, 3.63) is 24.3 Å². The van der Waals surface area contributed by atoms with Gasteiger partial charge >= 0.3 is 0 Å². The van der Waals surface area contributed by atoms with Gasteiger partial charge in [0, 0.05) is 18.0 Å². The van der Waals surface area contributed by atoms with E-state index in [0.29, 0.717) is 38.0 Å². The fourth-order valence-electron chi connectivity index (χ4n) is 4.49. The monoisotopic (exact) mass is 435 g/mol. The van der Waals surface area contributed by atoms with Crippen LogP contribution in [0.4, 0.5) is 5.69 Å². The van der Waals surface area contributed by atoms with Crippen molar-refractivity contribution in [1.82, 2.24) is 9.80 Å². The number of hydrogen-bond donors (Lipinski definition) is 2. The third kappa shape index (κ3) is 4.95. The van der Waals surface area contributed by atoms with E-state index >= 15 is 0 Å². The van der Waals surface area contributed by atoms with Crippen molar-refractivity contribution in [3.8, 4) is 5.75 Å². The van der Waals surface area contributed by atoms with Crippen LogP contribution in [0, 0.1) is 5.92 Å². The molecule has 30 heavy (non-hydrogen) atoms. The Balaban J connectivity index is 1.28. The number of carbonyl (C=O) groups excluding carboxylic acids is 2. The molecule has 164 valence electrons. The van der Waals surface area contributed by atoms with E-state index in [9.17, 15) is 23.1 Å². The number of phenolic OH excluding ortho intramolecular Hbond substituents is 1. The van der Waals surface area contributed by atoms with Gasteiger partial charge in [-0.05, 0) is 57.3 Å². The van der Waals surface area contributed by atoms with Crippen LogP contribution in [0.15, 0.2) is 24.3 Å². The maximum Gasteiger partial charge on any atom is 0.237 e. The van der Waals surface area contributed by atoms with E-state index in [0.717, 1.165) is 12.8 Å². The van der Waals surface area contributed by atoms with E-state index in [1.165, 1.54) is 6.07 Å². The van der Waals surface area contributed by atoms with Gasteiger partial charge in [0.2, 0.25) is 11.8 Å². The number of piperidine rings is 1. The van der Waals surface area contributed by atoms with Crippen molar-refractivity contribution in [3.63, 3.8) is 0 Å². The second kappa shape index (κ2) is 8.55. The molecule has 0 spiro atoms. The van der Waals surface area contributed by atoms with E-state index in [-0.39, 0.29) is 53.6 Å². The molecule has 8 nitrogen and oxygen atoms in total. The molecule has 0 bridgehead atoms. The predicted octanol–water partition coefficient (Wildman–Crippen LogP) is 1.22. The number of nitrogens with zero attached hydrogens (tertiary/aromatic N) is 2. The first-order valence-corrected chi connectivity index (χ1v) is 12.5. The van der Waals surface area contributed by atoms with Crippen LogP contribution >= 0.6 is 0 Å². The number of aromatic hydroxyl groups is 1. The molecule has 4 rings (SSSR count). The highest BCUT2D eigenvalue weighted by Gasteiger charge is 2.42. The number of hydrogen-bond acceptors (Lipinski definition) is 6. The molecule has 3 fully saturated rings. The minimum Gasteiger partial charge on any atom is -0.506 e. The quantitative estimate of drug-likeness (QED) is 0.651. The molecule has 9 heteroatoms. The van der Waals surface area contributed by atoms with Gasteiger partial charge < -0.3 is 15.3 Å². The lowest BCUT2D eigenvalue weighted by atomic mass is 9.95. The van der Waals surface area contributed by atoms with Crippen molar-refractivity contribution >= 4 is 27.3 Å². The van der Waals surface area contributed by atoms with Gasteiger partial charge in [0.1, 0.15) is 5.75 Å². The lowest BCUT2D eigenvalue weighted by Crippen LogP contribution is -2.49. The van der Waals surface area contributed by atoms with Crippen LogP contribution < -0.4 is 5.32 Å². The number of likely N-dealkylation sites (tertiary alicyclic amines) is 1. The van der Waals surface area contributed by atoms with Crippen molar-refractivity contribution in [2.75, 3.05) is 36.5 Å². The first-order chi connectivity index (χ1) is 14.3. The molecule has 1 saturated carbocycles. The van der Waals surface area contributed by atoms with Crippen LogP contribution in [0.25, 0.3) is 0 Å². The lowest BCUT2D eigenvalue weighted by molar-refractivity contribution is -0.135. The third-order valence-corrected chi connectivity index (χ3v) is 8.06. The summed E-state index contributed by atoms with van der Waals surface area (Å²) in [5, 5.41) is 12.6. The fourth-order valence-corrected chi connectivity index (χ4v) is 6.20. The van der Waals surface area contributed by atoms with Gasteiger partial charge in [-0.3, -0.25) is 14.5 Å². The summed E-state index contributed by atoms with van der Waals surface area (Å²) < 4.78 is 23.7. The summed E-state index contributed by atoms with van der Waals surface area (Å²) in [4.78, 5) is 29.4. The standard InChI is InChI=1S/C21H29N3O5S/c25-19-4-2-1-3-18(19)22-21(27)15-7-10-23(11-8-15)13-20(26)24(16-5-6-16)17-9-12-30(28,29)14-17/h1-4,15-17,25H,5-14H2,(H,22,27). The van der Waals surface area contributed by atoms with Crippen LogP contribution in [-0.2, 0) is 19.4 Å². The molecular formula is C21H29N3O5S. The number of amides is 2. The molecule has 0 aromatic heterocycles. The van der Waals surface area contributed by atoms with E-state index < -0.39 is 9.84 Å². The zero-order valence-electron chi connectivity index (χ0n) is 17.0. The zero-order valence-corrected chi connectivity index (χ0v) is 17.8. The van der Waals surface area contributed by atoms with E-state index in [1.807, 2.05) is 4.90 Å². The van der Waals surface area contributed by atoms with E-state index in [1.54, 1.807) is 18.2 Å². The average molecular weight is 436 g/mol. The molecule has 1 aromatic carbocycles. The van der Waals surface area contributed by atoms with E-state index in [4.69, 9.17) is 0 Å². The molecular weight excluding hydrogens is 406 g/mol. The Bertz CT molecular complexity index is 907. The minimum atomic E-state index is -3.03. The highest BCUT2D eigenvalue weighted by molar-refractivity contribution is 7.91. The number of phenols is 1. The summed E-state index contributed by atoms with van der Waals surface area (Å²) in [5.41, 5.74) is 0.409. The van der Waals surface area contributed by atoms with Gasteiger partial charge in [-0.15, -0.1) is 0 Å². The third-order valence-electron chi connectivity index (χ3n) is 6.31. The molecule has 2 amide bonds. The number of sulfone groups is 1. The van der Waals surface area contributed by atoms with Gasteiger partial charge in [0.15, 0.2) is 9.84 Å².